The van der Waals surface area contributed by atoms with Crippen molar-refractivity contribution in [3.8, 4) is 5.75 Å². The average Bonchev–Trinajstić information content (AvgIpc) is 2.59. The van der Waals surface area contributed by atoms with Gasteiger partial charge < -0.3 is 9.64 Å². The second-order valence-corrected chi connectivity index (χ2v) is 8.25. The first-order valence-electron chi connectivity index (χ1n) is 10.5. The highest BCUT2D eigenvalue weighted by Crippen LogP contribution is 2.26. The maximum Gasteiger partial charge on any atom is 0.415 e. The van der Waals surface area contributed by atoms with Crippen LogP contribution in [0.2, 0.25) is 0 Å². The van der Waals surface area contributed by atoms with Gasteiger partial charge in [0.15, 0.2) is 0 Å². The molecule has 0 saturated heterocycles. The van der Waals surface area contributed by atoms with E-state index in [-0.39, 0.29) is 11.5 Å². The highest BCUT2D eigenvalue weighted by Gasteiger charge is 2.18. The third-order valence-electron chi connectivity index (χ3n) is 4.73. The van der Waals surface area contributed by atoms with Crippen molar-refractivity contribution in [1.82, 2.24) is 4.90 Å². The molecule has 3 heteroatoms. The van der Waals surface area contributed by atoms with Crippen molar-refractivity contribution in [1.29, 1.82) is 0 Å². The van der Waals surface area contributed by atoms with E-state index in [2.05, 4.69) is 40.7 Å². The van der Waals surface area contributed by atoms with Gasteiger partial charge in [-0.15, -0.1) is 0 Å². The lowest BCUT2D eigenvalue weighted by atomic mass is 9.87. The fourth-order valence-electron chi connectivity index (χ4n) is 2.94. The van der Waals surface area contributed by atoms with Crippen LogP contribution in [-0.2, 0) is 5.41 Å². The van der Waals surface area contributed by atoms with Crippen LogP contribution in [0, 0.1) is 0 Å². The van der Waals surface area contributed by atoms with E-state index >= 15 is 0 Å². The van der Waals surface area contributed by atoms with Crippen LogP contribution in [0.25, 0.3) is 0 Å². The van der Waals surface area contributed by atoms with Gasteiger partial charge in [-0.3, -0.25) is 0 Å². The highest BCUT2D eigenvalue weighted by atomic mass is 16.6. The van der Waals surface area contributed by atoms with E-state index in [1.165, 1.54) is 44.1 Å². The summed E-state index contributed by atoms with van der Waals surface area (Å²) in [6.45, 7) is 12.5. The zero-order valence-electron chi connectivity index (χ0n) is 17.6. The van der Waals surface area contributed by atoms with E-state index in [0.29, 0.717) is 5.75 Å². The Balaban J connectivity index is 2.67. The summed E-state index contributed by atoms with van der Waals surface area (Å²) in [5.41, 5.74) is 1.22. The summed E-state index contributed by atoms with van der Waals surface area (Å²) >= 11 is 0. The maximum absolute atomic E-state index is 12.7. The van der Waals surface area contributed by atoms with Crippen LogP contribution in [0.15, 0.2) is 24.3 Å². The molecule has 0 unspecified atom stereocenters. The summed E-state index contributed by atoms with van der Waals surface area (Å²) in [6, 6.07) is 7.92. The Labute approximate surface area is 161 Å². The lowest BCUT2D eigenvalue weighted by Gasteiger charge is -2.23. The Morgan fingerprint density at radius 1 is 0.923 bits per heavy atom. The number of ether oxygens (including phenoxy) is 1. The van der Waals surface area contributed by atoms with Gasteiger partial charge in [-0.2, -0.15) is 0 Å². The number of hydrogen-bond donors (Lipinski definition) is 0. The smallest absolute Gasteiger partial charge is 0.410 e. The summed E-state index contributed by atoms with van der Waals surface area (Å²) in [7, 11) is 0. The van der Waals surface area contributed by atoms with Gasteiger partial charge in [-0.1, -0.05) is 85.3 Å². The van der Waals surface area contributed by atoms with E-state index in [0.717, 1.165) is 25.9 Å². The number of hydrogen-bond acceptors (Lipinski definition) is 2. The van der Waals surface area contributed by atoms with Crippen molar-refractivity contribution >= 4 is 6.09 Å². The van der Waals surface area contributed by atoms with Gasteiger partial charge in [0.1, 0.15) is 5.75 Å². The number of amides is 1. The first-order valence-corrected chi connectivity index (χ1v) is 10.5. The lowest BCUT2D eigenvalue weighted by Crippen LogP contribution is -2.35. The molecule has 0 aliphatic carbocycles. The van der Waals surface area contributed by atoms with E-state index in [1.54, 1.807) is 0 Å². The highest BCUT2D eigenvalue weighted by molar-refractivity contribution is 5.70. The number of nitrogens with zero attached hydrogens (tertiary/aromatic N) is 1. The third-order valence-corrected chi connectivity index (χ3v) is 4.73. The minimum atomic E-state index is -0.205. The predicted molar refractivity (Wildman–Crippen MR) is 111 cm³/mol. The largest absolute Gasteiger partial charge is 0.415 e. The summed E-state index contributed by atoms with van der Waals surface area (Å²) in [4.78, 5) is 14.6. The molecule has 0 fully saturated rings. The molecule has 3 nitrogen and oxygen atoms in total. The predicted octanol–water partition coefficient (Wildman–Crippen LogP) is 6.95. The summed E-state index contributed by atoms with van der Waals surface area (Å²) in [5, 5.41) is 0. The molecule has 0 aliphatic rings. The molecule has 0 saturated carbocycles. The molecule has 1 rings (SSSR count). The third kappa shape index (κ3) is 8.73. The maximum atomic E-state index is 12.7. The fraction of sp³-hybridized carbons (Fsp3) is 0.696. The standard InChI is InChI=1S/C23H39NO2/c1-6-8-10-12-17-24(18-13-11-9-7-2)22(25)26-21-16-14-15-20(19-21)23(3,4)5/h14-16,19H,6-13,17-18H2,1-5H3. The minimum Gasteiger partial charge on any atom is -0.410 e. The molecule has 26 heavy (non-hydrogen) atoms. The van der Waals surface area contributed by atoms with Crippen molar-refractivity contribution in [3.63, 3.8) is 0 Å². The Hall–Kier alpha value is -1.51. The van der Waals surface area contributed by atoms with Gasteiger partial charge in [0, 0.05) is 13.1 Å². The molecular formula is C23H39NO2. The topological polar surface area (TPSA) is 29.5 Å². The second kappa shape index (κ2) is 12.0. The van der Waals surface area contributed by atoms with Gasteiger partial charge in [0.05, 0.1) is 0 Å². The van der Waals surface area contributed by atoms with Gasteiger partial charge in [0.25, 0.3) is 0 Å². The Bertz CT molecular complexity index is 507. The fourth-order valence-corrected chi connectivity index (χ4v) is 2.94. The SMILES string of the molecule is CCCCCCN(CCCCCC)C(=O)Oc1cccc(C(C)(C)C)c1. The molecule has 0 atom stereocenters. The monoisotopic (exact) mass is 361 g/mol. The van der Waals surface area contributed by atoms with E-state index < -0.39 is 0 Å². The van der Waals surface area contributed by atoms with Gasteiger partial charge in [-0.25, -0.2) is 4.79 Å². The van der Waals surface area contributed by atoms with Crippen LogP contribution in [0.1, 0.15) is 91.5 Å². The number of carbonyl (C=O) groups excluding carboxylic acids is 1. The molecule has 1 aromatic carbocycles. The Kier molecular flexibility index (Phi) is 10.4. The normalized spacial score (nSPS) is 11.4. The molecule has 1 amide bonds. The average molecular weight is 362 g/mol. The first-order chi connectivity index (χ1) is 12.4. The molecule has 0 aromatic heterocycles. The molecular weight excluding hydrogens is 322 g/mol. The number of unbranched alkanes of at least 4 members (excludes halogenated alkanes) is 6. The van der Waals surface area contributed by atoms with E-state index in [9.17, 15) is 4.79 Å². The quantitative estimate of drug-likeness (QED) is 0.399. The van der Waals surface area contributed by atoms with Gasteiger partial charge >= 0.3 is 6.09 Å². The van der Waals surface area contributed by atoms with Crippen molar-refractivity contribution in [3.05, 3.63) is 29.8 Å². The molecule has 0 N–H and O–H groups in total. The zero-order valence-corrected chi connectivity index (χ0v) is 17.6. The molecule has 1 aromatic rings. The van der Waals surface area contributed by atoms with Crippen molar-refractivity contribution in [2.24, 2.45) is 0 Å². The summed E-state index contributed by atoms with van der Waals surface area (Å²) in [6.07, 6.45) is 9.13. The van der Waals surface area contributed by atoms with Gasteiger partial charge in [0.2, 0.25) is 0 Å². The molecule has 0 aliphatic heterocycles. The molecule has 0 bridgehead atoms. The van der Waals surface area contributed by atoms with Crippen molar-refractivity contribution in [2.45, 2.75) is 91.4 Å². The molecule has 0 spiro atoms. The van der Waals surface area contributed by atoms with Crippen molar-refractivity contribution < 1.29 is 9.53 Å². The van der Waals surface area contributed by atoms with Crippen LogP contribution in [-0.4, -0.2) is 24.1 Å². The van der Waals surface area contributed by atoms with Crippen LogP contribution >= 0.6 is 0 Å². The van der Waals surface area contributed by atoms with Crippen LogP contribution in [0.5, 0.6) is 5.75 Å². The molecule has 148 valence electrons. The number of rotatable bonds is 11. The van der Waals surface area contributed by atoms with Crippen molar-refractivity contribution in [2.75, 3.05) is 13.1 Å². The van der Waals surface area contributed by atoms with Crippen LogP contribution < -0.4 is 4.74 Å². The van der Waals surface area contributed by atoms with Crippen LogP contribution in [0.3, 0.4) is 0 Å². The van der Waals surface area contributed by atoms with Crippen LogP contribution in [0.4, 0.5) is 4.79 Å². The summed E-state index contributed by atoms with van der Waals surface area (Å²) in [5.74, 6) is 0.648. The zero-order chi connectivity index (χ0) is 19.4. The second-order valence-electron chi connectivity index (χ2n) is 8.25. The van der Waals surface area contributed by atoms with E-state index in [1.807, 2.05) is 23.1 Å². The molecule has 0 heterocycles. The Morgan fingerprint density at radius 2 is 1.50 bits per heavy atom. The first kappa shape index (κ1) is 22.5. The Morgan fingerprint density at radius 3 is 2.00 bits per heavy atom. The summed E-state index contributed by atoms with van der Waals surface area (Å²) < 4.78 is 5.71. The van der Waals surface area contributed by atoms with Gasteiger partial charge in [-0.05, 0) is 36.0 Å². The van der Waals surface area contributed by atoms with E-state index in [4.69, 9.17) is 4.74 Å². The number of benzene rings is 1. The molecule has 0 radical (unpaired) electrons. The lowest BCUT2D eigenvalue weighted by molar-refractivity contribution is 0.150. The number of carbonyl (C=O) groups is 1. The minimum absolute atomic E-state index is 0.0441.